The monoisotopic (exact) mass is 415 g/mol. The topological polar surface area (TPSA) is 105 Å². The summed E-state index contributed by atoms with van der Waals surface area (Å²) in [5, 5.41) is 9.37. The van der Waals surface area contributed by atoms with Gasteiger partial charge in [0.2, 0.25) is 5.91 Å². The third-order valence-electron chi connectivity index (χ3n) is 6.40. The number of benzene rings is 1. The zero-order chi connectivity index (χ0) is 21.1. The predicted molar refractivity (Wildman–Crippen MR) is 110 cm³/mol. The number of H-pyrrole nitrogens is 1. The van der Waals surface area contributed by atoms with Crippen LogP contribution in [0.3, 0.4) is 0 Å². The Hall–Kier alpha value is -2.61. The molecule has 30 heavy (non-hydrogen) atoms. The van der Waals surface area contributed by atoms with Crippen molar-refractivity contribution in [3.05, 3.63) is 24.0 Å². The number of hydrogen-bond acceptors (Lipinski definition) is 5. The molecule has 2 atom stereocenters. The van der Waals surface area contributed by atoms with Gasteiger partial charge in [-0.15, -0.1) is 0 Å². The second-order valence-corrected chi connectivity index (χ2v) is 8.35. The molecule has 2 saturated heterocycles. The van der Waals surface area contributed by atoms with Gasteiger partial charge >= 0.3 is 5.97 Å². The maximum Gasteiger partial charge on any atom is 0.303 e. The van der Waals surface area contributed by atoms with E-state index in [4.69, 9.17) is 9.47 Å². The highest BCUT2D eigenvalue weighted by atomic mass is 16.5. The number of amides is 1. The Labute approximate surface area is 175 Å². The molecule has 8 nitrogen and oxygen atoms in total. The van der Waals surface area contributed by atoms with Crippen molar-refractivity contribution in [1.29, 1.82) is 0 Å². The second-order valence-electron chi connectivity index (χ2n) is 8.35. The Kier molecular flexibility index (Phi) is 6.22. The minimum atomic E-state index is -0.788. The van der Waals surface area contributed by atoms with Crippen molar-refractivity contribution in [1.82, 2.24) is 14.9 Å². The van der Waals surface area contributed by atoms with Crippen LogP contribution in [0.2, 0.25) is 0 Å². The lowest BCUT2D eigenvalue weighted by Gasteiger charge is -2.40. The lowest BCUT2D eigenvalue weighted by atomic mass is 9.80. The Morgan fingerprint density at radius 3 is 2.80 bits per heavy atom. The van der Waals surface area contributed by atoms with Crippen LogP contribution in [0.4, 0.5) is 0 Å². The number of hydrogen-bond donors (Lipinski definition) is 2. The van der Waals surface area contributed by atoms with Gasteiger partial charge < -0.3 is 24.5 Å². The molecule has 2 fully saturated rings. The first kappa shape index (κ1) is 20.7. The molecular formula is C22H29N3O5. The second kappa shape index (κ2) is 9.04. The normalized spacial score (nSPS) is 22.9. The number of fused-ring (bicyclic) bond motifs is 1. The highest BCUT2D eigenvalue weighted by Crippen LogP contribution is 2.31. The number of carboxylic acids is 1. The molecule has 2 unspecified atom stereocenters. The Bertz CT molecular complexity index is 905. The highest BCUT2D eigenvalue weighted by molar-refractivity contribution is 5.79. The zero-order valence-corrected chi connectivity index (χ0v) is 17.3. The SMILES string of the molecule is COc1ccc2nc(CC3CN(C(=O)C4CCOCC4)CCC3CC(=O)O)[nH]c2c1. The summed E-state index contributed by atoms with van der Waals surface area (Å²) >= 11 is 0. The van der Waals surface area contributed by atoms with Gasteiger partial charge in [-0.1, -0.05) is 0 Å². The van der Waals surface area contributed by atoms with Crippen LogP contribution in [0, 0.1) is 17.8 Å². The van der Waals surface area contributed by atoms with Gasteiger partial charge in [-0.25, -0.2) is 4.98 Å². The summed E-state index contributed by atoms with van der Waals surface area (Å²) in [7, 11) is 1.63. The van der Waals surface area contributed by atoms with Gasteiger partial charge in [-0.05, 0) is 43.2 Å². The molecule has 0 radical (unpaired) electrons. The van der Waals surface area contributed by atoms with E-state index in [-0.39, 0.29) is 30.1 Å². The molecule has 2 aliphatic rings. The molecular weight excluding hydrogens is 386 g/mol. The van der Waals surface area contributed by atoms with E-state index in [9.17, 15) is 14.7 Å². The summed E-state index contributed by atoms with van der Waals surface area (Å²) in [6.07, 6.45) is 2.98. The van der Waals surface area contributed by atoms with Gasteiger partial charge in [0.15, 0.2) is 0 Å². The molecule has 3 heterocycles. The molecule has 2 aromatic rings. The number of piperidine rings is 1. The quantitative estimate of drug-likeness (QED) is 0.751. The summed E-state index contributed by atoms with van der Waals surface area (Å²) in [6, 6.07) is 5.68. The summed E-state index contributed by atoms with van der Waals surface area (Å²) in [4.78, 5) is 34.4. The summed E-state index contributed by atoms with van der Waals surface area (Å²) < 4.78 is 10.7. The molecule has 2 aliphatic heterocycles. The number of ether oxygens (including phenoxy) is 2. The van der Waals surface area contributed by atoms with Gasteiger partial charge in [0.25, 0.3) is 0 Å². The minimum absolute atomic E-state index is 0.0223. The molecule has 162 valence electrons. The van der Waals surface area contributed by atoms with Crippen LogP contribution in [-0.2, 0) is 20.7 Å². The maximum absolute atomic E-state index is 13.0. The minimum Gasteiger partial charge on any atom is -0.497 e. The van der Waals surface area contributed by atoms with E-state index >= 15 is 0 Å². The van der Waals surface area contributed by atoms with Gasteiger partial charge in [-0.3, -0.25) is 9.59 Å². The van der Waals surface area contributed by atoms with Crippen LogP contribution in [0.15, 0.2) is 18.2 Å². The Morgan fingerprint density at radius 1 is 1.27 bits per heavy atom. The zero-order valence-electron chi connectivity index (χ0n) is 17.3. The van der Waals surface area contributed by atoms with E-state index in [1.165, 1.54) is 0 Å². The fourth-order valence-electron chi connectivity index (χ4n) is 4.72. The molecule has 0 spiro atoms. The summed E-state index contributed by atoms with van der Waals surface area (Å²) in [5.74, 6) is 1.08. The van der Waals surface area contributed by atoms with Gasteiger partial charge in [0.1, 0.15) is 11.6 Å². The van der Waals surface area contributed by atoms with Crippen molar-refractivity contribution in [2.45, 2.75) is 32.1 Å². The van der Waals surface area contributed by atoms with E-state index < -0.39 is 5.97 Å². The molecule has 0 aliphatic carbocycles. The number of likely N-dealkylation sites (tertiary alicyclic amines) is 1. The third-order valence-corrected chi connectivity index (χ3v) is 6.40. The average molecular weight is 415 g/mol. The highest BCUT2D eigenvalue weighted by Gasteiger charge is 2.35. The summed E-state index contributed by atoms with van der Waals surface area (Å²) in [6.45, 7) is 2.48. The largest absolute Gasteiger partial charge is 0.497 e. The molecule has 8 heteroatoms. The first-order valence-corrected chi connectivity index (χ1v) is 10.6. The van der Waals surface area contributed by atoms with E-state index in [1.807, 2.05) is 23.1 Å². The third kappa shape index (κ3) is 4.59. The van der Waals surface area contributed by atoms with E-state index in [0.717, 1.165) is 35.4 Å². The van der Waals surface area contributed by atoms with Crippen molar-refractivity contribution in [3.63, 3.8) is 0 Å². The molecule has 1 aromatic carbocycles. The van der Waals surface area contributed by atoms with Gasteiger partial charge in [0.05, 0.1) is 18.1 Å². The number of imidazole rings is 1. The van der Waals surface area contributed by atoms with Crippen molar-refractivity contribution in [3.8, 4) is 5.75 Å². The summed E-state index contributed by atoms with van der Waals surface area (Å²) in [5.41, 5.74) is 1.75. The van der Waals surface area contributed by atoms with Gasteiger partial charge in [-0.2, -0.15) is 0 Å². The van der Waals surface area contributed by atoms with Crippen LogP contribution in [0.25, 0.3) is 11.0 Å². The average Bonchev–Trinajstić information content (AvgIpc) is 3.16. The van der Waals surface area contributed by atoms with Crippen LogP contribution in [0.5, 0.6) is 5.75 Å². The smallest absolute Gasteiger partial charge is 0.303 e. The number of aromatic nitrogens is 2. The number of nitrogens with one attached hydrogen (secondary N) is 1. The molecule has 2 N–H and O–H groups in total. The number of methoxy groups -OCH3 is 1. The number of rotatable bonds is 6. The van der Waals surface area contributed by atoms with Crippen LogP contribution < -0.4 is 4.74 Å². The first-order valence-electron chi connectivity index (χ1n) is 10.6. The number of aliphatic carboxylic acids is 1. The van der Waals surface area contributed by atoms with Crippen LogP contribution in [0.1, 0.15) is 31.5 Å². The van der Waals surface area contributed by atoms with Crippen molar-refractivity contribution < 1.29 is 24.2 Å². The van der Waals surface area contributed by atoms with Crippen molar-refractivity contribution >= 4 is 22.9 Å². The van der Waals surface area contributed by atoms with Gasteiger partial charge in [0, 0.05) is 51.1 Å². The number of carboxylic acid groups (broad SMARTS) is 1. The molecule has 0 bridgehead atoms. The number of carbonyl (C=O) groups is 2. The lowest BCUT2D eigenvalue weighted by molar-refractivity contribution is -0.142. The van der Waals surface area contributed by atoms with Crippen molar-refractivity contribution in [2.24, 2.45) is 17.8 Å². The Morgan fingerprint density at radius 2 is 2.07 bits per heavy atom. The van der Waals surface area contributed by atoms with Crippen LogP contribution >= 0.6 is 0 Å². The van der Waals surface area contributed by atoms with E-state index in [0.29, 0.717) is 39.1 Å². The van der Waals surface area contributed by atoms with E-state index in [2.05, 4.69) is 9.97 Å². The number of nitrogens with zero attached hydrogens (tertiary/aromatic N) is 2. The fourth-order valence-corrected chi connectivity index (χ4v) is 4.72. The number of aromatic amines is 1. The Balaban J connectivity index is 1.50. The standard InChI is InChI=1S/C22H29N3O5/c1-29-17-2-3-18-19(12-17)24-20(23-18)10-16-13-25(7-4-15(16)11-21(26)27)22(28)14-5-8-30-9-6-14/h2-3,12,14-16H,4-11,13H2,1H3,(H,23,24)(H,26,27). The van der Waals surface area contributed by atoms with Crippen LogP contribution in [-0.4, -0.2) is 65.3 Å². The predicted octanol–water partition coefficient (Wildman–Crippen LogP) is 2.48. The first-order chi connectivity index (χ1) is 14.5. The molecule has 4 rings (SSSR count). The molecule has 1 amide bonds. The number of carbonyl (C=O) groups excluding carboxylic acids is 1. The van der Waals surface area contributed by atoms with Crippen molar-refractivity contribution in [2.75, 3.05) is 33.4 Å². The van der Waals surface area contributed by atoms with E-state index in [1.54, 1.807) is 7.11 Å². The molecule has 1 aromatic heterocycles. The molecule has 0 saturated carbocycles. The maximum atomic E-state index is 13.0. The fraction of sp³-hybridized carbons (Fsp3) is 0.591. The lowest BCUT2D eigenvalue weighted by Crippen LogP contribution is -2.48.